The number of hydrogen-bond donors (Lipinski definition) is 2. The standard InChI is InChI=1S/C14H15BrFNO3/c15-10-4-3-9(11(16)7-10)6-13(18)17-12(14(19)20)5-8-1-2-8/h3-4,7-8,12H,1-2,5-6H2,(H,17,18)(H,19,20). The minimum Gasteiger partial charge on any atom is -0.480 e. The Bertz CT molecular complexity index is 531. The maximum atomic E-state index is 13.6. The van der Waals surface area contributed by atoms with Gasteiger partial charge in [0.2, 0.25) is 5.91 Å². The van der Waals surface area contributed by atoms with Gasteiger partial charge in [-0.3, -0.25) is 4.79 Å². The van der Waals surface area contributed by atoms with E-state index >= 15 is 0 Å². The summed E-state index contributed by atoms with van der Waals surface area (Å²) in [5.41, 5.74) is 0.251. The van der Waals surface area contributed by atoms with Crippen molar-refractivity contribution >= 4 is 27.8 Å². The molecule has 1 saturated carbocycles. The second-order valence-electron chi connectivity index (χ2n) is 5.05. The van der Waals surface area contributed by atoms with E-state index in [4.69, 9.17) is 5.11 Å². The van der Waals surface area contributed by atoms with E-state index < -0.39 is 23.7 Å². The van der Waals surface area contributed by atoms with Gasteiger partial charge < -0.3 is 10.4 Å². The van der Waals surface area contributed by atoms with E-state index in [1.807, 2.05) is 0 Å². The van der Waals surface area contributed by atoms with Crippen LogP contribution in [0, 0.1) is 11.7 Å². The van der Waals surface area contributed by atoms with E-state index in [2.05, 4.69) is 21.2 Å². The quantitative estimate of drug-likeness (QED) is 0.833. The van der Waals surface area contributed by atoms with Crippen molar-refractivity contribution in [2.24, 2.45) is 5.92 Å². The average Bonchev–Trinajstić information content (AvgIpc) is 3.16. The summed E-state index contributed by atoms with van der Waals surface area (Å²) in [6.07, 6.45) is 2.32. The summed E-state index contributed by atoms with van der Waals surface area (Å²) < 4.78 is 14.2. The number of halogens is 2. The van der Waals surface area contributed by atoms with Crippen LogP contribution in [0.2, 0.25) is 0 Å². The molecule has 0 spiro atoms. The number of amides is 1. The zero-order valence-corrected chi connectivity index (χ0v) is 12.3. The molecule has 0 bridgehead atoms. The number of aliphatic carboxylic acids is 1. The van der Waals surface area contributed by atoms with Gasteiger partial charge in [0.25, 0.3) is 0 Å². The molecule has 1 fully saturated rings. The first-order valence-electron chi connectivity index (χ1n) is 6.42. The minimum atomic E-state index is -1.04. The van der Waals surface area contributed by atoms with Crippen molar-refractivity contribution in [3.8, 4) is 0 Å². The molecule has 6 heteroatoms. The summed E-state index contributed by atoms with van der Waals surface area (Å²) in [6, 6.07) is 3.55. The average molecular weight is 344 g/mol. The van der Waals surface area contributed by atoms with Gasteiger partial charge >= 0.3 is 5.97 Å². The van der Waals surface area contributed by atoms with Crippen molar-refractivity contribution in [3.05, 3.63) is 34.1 Å². The van der Waals surface area contributed by atoms with Gasteiger partial charge in [0.1, 0.15) is 11.9 Å². The van der Waals surface area contributed by atoms with E-state index in [1.54, 1.807) is 6.07 Å². The predicted octanol–water partition coefficient (Wildman–Crippen LogP) is 2.50. The van der Waals surface area contributed by atoms with Crippen LogP contribution < -0.4 is 5.32 Å². The zero-order valence-electron chi connectivity index (χ0n) is 10.7. The van der Waals surface area contributed by atoms with Gasteiger partial charge in [-0.1, -0.05) is 34.8 Å². The van der Waals surface area contributed by atoms with Crippen LogP contribution >= 0.6 is 15.9 Å². The molecule has 0 aromatic heterocycles. The summed E-state index contributed by atoms with van der Waals surface area (Å²) in [5, 5.41) is 11.5. The highest BCUT2D eigenvalue weighted by molar-refractivity contribution is 9.10. The van der Waals surface area contributed by atoms with Crippen LogP contribution in [0.15, 0.2) is 22.7 Å². The molecule has 0 saturated heterocycles. The molecule has 0 radical (unpaired) electrons. The first-order chi connectivity index (χ1) is 9.45. The molecule has 4 nitrogen and oxygen atoms in total. The molecular weight excluding hydrogens is 329 g/mol. The third-order valence-corrected chi connectivity index (χ3v) is 3.76. The first kappa shape index (κ1) is 15.0. The highest BCUT2D eigenvalue weighted by Gasteiger charge is 2.30. The van der Waals surface area contributed by atoms with Gasteiger partial charge in [0.15, 0.2) is 0 Å². The van der Waals surface area contributed by atoms with Crippen molar-refractivity contribution in [2.75, 3.05) is 0 Å². The number of carbonyl (C=O) groups is 2. The smallest absolute Gasteiger partial charge is 0.326 e. The molecule has 1 amide bonds. The van der Waals surface area contributed by atoms with Crippen LogP contribution in [0.1, 0.15) is 24.8 Å². The highest BCUT2D eigenvalue weighted by atomic mass is 79.9. The number of carbonyl (C=O) groups excluding carboxylic acids is 1. The molecule has 1 aliphatic carbocycles. The third-order valence-electron chi connectivity index (χ3n) is 3.27. The number of carboxylic acid groups (broad SMARTS) is 1. The molecule has 1 aliphatic rings. The Hall–Kier alpha value is -1.43. The lowest BCUT2D eigenvalue weighted by Gasteiger charge is -2.14. The van der Waals surface area contributed by atoms with Crippen LogP contribution in [0.3, 0.4) is 0 Å². The summed E-state index contributed by atoms with van der Waals surface area (Å²) in [7, 11) is 0. The first-order valence-corrected chi connectivity index (χ1v) is 7.21. The number of hydrogen-bond acceptors (Lipinski definition) is 2. The van der Waals surface area contributed by atoms with E-state index in [9.17, 15) is 14.0 Å². The number of nitrogens with one attached hydrogen (secondary N) is 1. The maximum absolute atomic E-state index is 13.6. The lowest BCUT2D eigenvalue weighted by Crippen LogP contribution is -2.41. The number of rotatable bonds is 6. The van der Waals surface area contributed by atoms with Gasteiger partial charge in [-0.25, -0.2) is 9.18 Å². The van der Waals surface area contributed by atoms with Crippen LogP contribution in [0.4, 0.5) is 4.39 Å². The van der Waals surface area contributed by atoms with Gasteiger partial charge in [-0.15, -0.1) is 0 Å². The zero-order chi connectivity index (χ0) is 14.7. The Morgan fingerprint density at radius 1 is 1.45 bits per heavy atom. The fourth-order valence-electron chi connectivity index (χ4n) is 1.99. The normalized spacial score (nSPS) is 15.7. The van der Waals surface area contributed by atoms with Crippen molar-refractivity contribution in [1.29, 1.82) is 0 Å². The Morgan fingerprint density at radius 3 is 2.70 bits per heavy atom. The van der Waals surface area contributed by atoms with Crippen LogP contribution in [0.25, 0.3) is 0 Å². The summed E-state index contributed by atoms with van der Waals surface area (Å²) in [4.78, 5) is 22.9. The van der Waals surface area contributed by atoms with Crippen molar-refractivity contribution in [3.63, 3.8) is 0 Å². The maximum Gasteiger partial charge on any atom is 0.326 e. The number of carboxylic acids is 1. The Kier molecular flexibility index (Phi) is 4.75. The van der Waals surface area contributed by atoms with Gasteiger partial charge in [0, 0.05) is 4.47 Å². The van der Waals surface area contributed by atoms with Crippen molar-refractivity contribution in [2.45, 2.75) is 31.7 Å². The summed E-state index contributed by atoms with van der Waals surface area (Å²) in [5.74, 6) is -1.61. The minimum absolute atomic E-state index is 0.159. The van der Waals surface area contributed by atoms with E-state index in [-0.39, 0.29) is 12.0 Å². The van der Waals surface area contributed by atoms with Gasteiger partial charge in [-0.05, 0) is 30.0 Å². The lowest BCUT2D eigenvalue weighted by molar-refractivity contribution is -0.142. The predicted molar refractivity (Wildman–Crippen MR) is 74.7 cm³/mol. The highest BCUT2D eigenvalue weighted by Crippen LogP contribution is 2.33. The topological polar surface area (TPSA) is 66.4 Å². The van der Waals surface area contributed by atoms with Crippen LogP contribution in [-0.4, -0.2) is 23.0 Å². The van der Waals surface area contributed by atoms with Crippen LogP contribution in [-0.2, 0) is 16.0 Å². The molecule has 1 atom stereocenters. The second kappa shape index (κ2) is 6.35. The lowest BCUT2D eigenvalue weighted by atomic mass is 10.1. The van der Waals surface area contributed by atoms with Gasteiger partial charge in [0.05, 0.1) is 6.42 Å². The number of benzene rings is 1. The summed E-state index contributed by atoms with van der Waals surface area (Å²) >= 11 is 3.14. The SMILES string of the molecule is O=C(Cc1ccc(Br)cc1F)NC(CC1CC1)C(=O)O. The van der Waals surface area contributed by atoms with E-state index in [1.165, 1.54) is 12.1 Å². The van der Waals surface area contributed by atoms with E-state index in [0.717, 1.165) is 12.8 Å². The van der Waals surface area contributed by atoms with Crippen molar-refractivity contribution < 1.29 is 19.1 Å². The fraction of sp³-hybridized carbons (Fsp3) is 0.429. The molecule has 0 heterocycles. The Balaban J connectivity index is 1.94. The summed E-state index contributed by atoms with van der Waals surface area (Å²) in [6.45, 7) is 0. The Morgan fingerprint density at radius 2 is 2.15 bits per heavy atom. The van der Waals surface area contributed by atoms with Crippen LogP contribution in [0.5, 0.6) is 0 Å². The molecule has 1 aromatic rings. The molecule has 1 aromatic carbocycles. The molecule has 0 aliphatic heterocycles. The molecular formula is C14H15BrFNO3. The fourth-order valence-corrected chi connectivity index (χ4v) is 2.32. The van der Waals surface area contributed by atoms with Crippen molar-refractivity contribution in [1.82, 2.24) is 5.32 Å². The molecule has 20 heavy (non-hydrogen) atoms. The van der Waals surface area contributed by atoms with Gasteiger partial charge in [-0.2, -0.15) is 0 Å². The van der Waals surface area contributed by atoms with E-state index in [0.29, 0.717) is 16.8 Å². The molecule has 2 N–H and O–H groups in total. The molecule has 108 valence electrons. The second-order valence-corrected chi connectivity index (χ2v) is 5.97. The largest absolute Gasteiger partial charge is 0.480 e. The molecule has 1 unspecified atom stereocenters. The monoisotopic (exact) mass is 343 g/mol. The third kappa shape index (κ3) is 4.30. The Labute approximate surface area is 124 Å². The molecule has 2 rings (SSSR count).